The van der Waals surface area contributed by atoms with E-state index in [4.69, 9.17) is 4.74 Å². The Kier molecular flexibility index (Phi) is 5.97. The molecule has 0 saturated carbocycles. The Hall–Kier alpha value is -3.44. The number of carbonyl (C=O) groups excluding carboxylic acids is 2. The molecule has 0 aliphatic heterocycles. The van der Waals surface area contributed by atoms with Crippen LogP contribution in [0, 0.1) is 0 Å². The average Bonchev–Trinajstić information content (AvgIpc) is 2.69. The van der Waals surface area contributed by atoms with E-state index in [9.17, 15) is 9.59 Å². The number of anilines is 2. The van der Waals surface area contributed by atoms with Gasteiger partial charge in [-0.15, -0.1) is 0 Å². The van der Waals surface area contributed by atoms with Crippen LogP contribution in [-0.4, -0.2) is 18.9 Å². The van der Waals surface area contributed by atoms with Crippen LogP contribution in [0.5, 0.6) is 0 Å². The van der Waals surface area contributed by atoms with Gasteiger partial charge in [0.05, 0.1) is 17.9 Å². The molecular formula is C22H20N2O3. The van der Waals surface area contributed by atoms with Gasteiger partial charge in [0, 0.05) is 18.4 Å². The van der Waals surface area contributed by atoms with Gasteiger partial charge in [0.2, 0.25) is 0 Å². The minimum absolute atomic E-state index is 0.266. The predicted octanol–water partition coefficient (Wildman–Crippen LogP) is 4.34. The first kappa shape index (κ1) is 18.4. The Balaban J connectivity index is 1.78. The van der Waals surface area contributed by atoms with Crippen molar-refractivity contribution in [2.75, 3.05) is 17.7 Å². The van der Waals surface area contributed by atoms with E-state index in [1.807, 2.05) is 30.3 Å². The molecule has 0 atom stereocenters. The first-order chi connectivity index (χ1) is 13.2. The normalized spacial score (nSPS) is 10.3. The van der Waals surface area contributed by atoms with E-state index in [2.05, 4.69) is 10.6 Å². The summed E-state index contributed by atoms with van der Waals surface area (Å²) in [6, 6.07) is 23.2. The molecule has 0 fully saturated rings. The largest absolute Gasteiger partial charge is 0.380 e. The summed E-state index contributed by atoms with van der Waals surface area (Å²) >= 11 is 0. The Morgan fingerprint density at radius 2 is 1.56 bits per heavy atom. The van der Waals surface area contributed by atoms with Crippen molar-refractivity contribution in [3.8, 4) is 0 Å². The quantitative estimate of drug-likeness (QED) is 0.687. The topological polar surface area (TPSA) is 67.4 Å². The molecule has 3 rings (SSSR count). The van der Waals surface area contributed by atoms with Gasteiger partial charge in [-0.3, -0.25) is 9.59 Å². The molecule has 0 heterocycles. The second-order valence-corrected chi connectivity index (χ2v) is 5.95. The third-order valence-corrected chi connectivity index (χ3v) is 3.95. The molecule has 5 heteroatoms. The highest BCUT2D eigenvalue weighted by Crippen LogP contribution is 2.19. The van der Waals surface area contributed by atoms with Gasteiger partial charge in [0.1, 0.15) is 0 Å². The fourth-order valence-corrected chi connectivity index (χ4v) is 2.68. The highest BCUT2D eigenvalue weighted by Gasteiger charge is 2.14. The maximum atomic E-state index is 12.7. The first-order valence-electron chi connectivity index (χ1n) is 8.52. The summed E-state index contributed by atoms with van der Waals surface area (Å²) in [4.78, 5) is 25.1. The van der Waals surface area contributed by atoms with E-state index in [0.717, 1.165) is 5.56 Å². The zero-order valence-electron chi connectivity index (χ0n) is 14.9. The number of amides is 2. The molecular weight excluding hydrogens is 340 g/mol. The van der Waals surface area contributed by atoms with Crippen molar-refractivity contribution in [3.63, 3.8) is 0 Å². The van der Waals surface area contributed by atoms with Gasteiger partial charge in [-0.1, -0.05) is 42.5 Å². The third-order valence-electron chi connectivity index (χ3n) is 3.95. The standard InChI is InChI=1S/C22H20N2O3/c1-27-15-16-8-7-11-18(14-16)23-22(26)19-12-5-6-13-20(19)24-21(25)17-9-3-2-4-10-17/h2-14H,15H2,1H3,(H,23,26)(H,24,25). The summed E-state index contributed by atoms with van der Waals surface area (Å²) in [6.45, 7) is 0.466. The molecule has 27 heavy (non-hydrogen) atoms. The van der Waals surface area contributed by atoms with Crippen molar-refractivity contribution >= 4 is 23.2 Å². The van der Waals surface area contributed by atoms with Crippen LogP contribution in [0.1, 0.15) is 26.3 Å². The molecule has 3 aromatic rings. The van der Waals surface area contributed by atoms with E-state index < -0.39 is 0 Å². The lowest BCUT2D eigenvalue weighted by Crippen LogP contribution is -2.18. The minimum atomic E-state index is -0.298. The molecule has 0 spiro atoms. The Labute approximate surface area is 158 Å². The molecule has 0 aromatic heterocycles. The van der Waals surface area contributed by atoms with E-state index >= 15 is 0 Å². The number of nitrogens with one attached hydrogen (secondary N) is 2. The van der Waals surface area contributed by atoms with Crippen molar-refractivity contribution in [1.29, 1.82) is 0 Å². The Morgan fingerprint density at radius 3 is 2.33 bits per heavy atom. The minimum Gasteiger partial charge on any atom is -0.380 e. The second-order valence-electron chi connectivity index (χ2n) is 5.95. The van der Waals surface area contributed by atoms with Gasteiger partial charge < -0.3 is 15.4 Å². The fourth-order valence-electron chi connectivity index (χ4n) is 2.68. The summed E-state index contributed by atoms with van der Waals surface area (Å²) < 4.78 is 5.12. The van der Waals surface area contributed by atoms with Gasteiger partial charge in [-0.25, -0.2) is 0 Å². The zero-order chi connectivity index (χ0) is 19.1. The number of para-hydroxylation sites is 1. The number of methoxy groups -OCH3 is 1. The molecule has 2 amide bonds. The summed E-state index contributed by atoms with van der Waals surface area (Å²) in [5, 5.41) is 5.67. The van der Waals surface area contributed by atoms with Crippen LogP contribution in [0.3, 0.4) is 0 Å². The number of ether oxygens (including phenoxy) is 1. The van der Waals surface area contributed by atoms with E-state index in [1.165, 1.54) is 0 Å². The fraction of sp³-hybridized carbons (Fsp3) is 0.0909. The Bertz CT molecular complexity index is 939. The lowest BCUT2D eigenvalue weighted by molar-refractivity contribution is 0.102. The molecule has 0 saturated heterocycles. The van der Waals surface area contributed by atoms with Crippen LogP contribution in [0.2, 0.25) is 0 Å². The molecule has 5 nitrogen and oxygen atoms in total. The van der Waals surface area contributed by atoms with Crippen LogP contribution in [-0.2, 0) is 11.3 Å². The smallest absolute Gasteiger partial charge is 0.257 e. The molecule has 136 valence electrons. The van der Waals surface area contributed by atoms with Crippen molar-refractivity contribution in [1.82, 2.24) is 0 Å². The highest BCUT2D eigenvalue weighted by molar-refractivity contribution is 6.12. The molecule has 2 N–H and O–H groups in total. The maximum Gasteiger partial charge on any atom is 0.257 e. The Morgan fingerprint density at radius 1 is 0.815 bits per heavy atom. The molecule has 0 unspecified atom stereocenters. The third kappa shape index (κ3) is 4.80. The maximum absolute atomic E-state index is 12.7. The number of benzene rings is 3. The van der Waals surface area contributed by atoms with Gasteiger partial charge in [0.15, 0.2) is 0 Å². The number of hydrogen-bond acceptors (Lipinski definition) is 3. The van der Waals surface area contributed by atoms with Crippen LogP contribution < -0.4 is 10.6 Å². The van der Waals surface area contributed by atoms with Gasteiger partial charge in [0.25, 0.3) is 11.8 Å². The van der Waals surface area contributed by atoms with Gasteiger partial charge in [-0.05, 0) is 42.0 Å². The van der Waals surface area contributed by atoms with Gasteiger partial charge >= 0.3 is 0 Å². The highest BCUT2D eigenvalue weighted by atomic mass is 16.5. The van der Waals surface area contributed by atoms with Crippen LogP contribution in [0.25, 0.3) is 0 Å². The van der Waals surface area contributed by atoms with Crippen molar-refractivity contribution in [2.24, 2.45) is 0 Å². The number of hydrogen-bond donors (Lipinski definition) is 2. The van der Waals surface area contributed by atoms with Gasteiger partial charge in [-0.2, -0.15) is 0 Å². The second kappa shape index (κ2) is 8.78. The lowest BCUT2D eigenvalue weighted by atomic mass is 10.1. The van der Waals surface area contributed by atoms with Crippen LogP contribution in [0.4, 0.5) is 11.4 Å². The average molecular weight is 360 g/mol. The van der Waals surface area contributed by atoms with E-state index in [1.54, 1.807) is 55.6 Å². The van der Waals surface area contributed by atoms with Crippen molar-refractivity contribution in [3.05, 3.63) is 95.6 Å². The molecule has 0 aliphatic carbocycles. The predicted molar refractivity (Wildman–Crippen MR) is 106 cm³/mol. The summed E-state index contributed by atoms with van der Waals surface area (Å²) in [6.07, 6.45) is 0. The van der Waals surface area contributed by atoms with E-state index in [-0.39, 0.29) is 11.8 Å². The SMILES string of the molecule is COCc1cccc(NC(=O)c2ccccc2NC(=O)c2ccccc2)c1. The zero-order valence-corrected chi connectivity index (χ0v) is 14.9. The summed E-state index contributed by atoms with van der Waals surface area (Å²) in [5.74, 6) is -0.563. The lowest BCUT2D eigenvalue weighted by Gasteiger charge is -2.12. The molecule has 0 aliphatic rings. The molecule has 3 aromatic carbocycles. The van der Waals surface area contributed by atoms with Crippen molar-refractivity contribution < 1.29 is 14.3 Å². The number of carbonyl (C=O) groups is 2. The first-order valence-corrected chi connectivity index (χ1v) is 8.52. The van der Waals surface area contributed by atoms with Crippen LogP contribution in [0.15, 0.2) is 78.9 Å². The van der Waals surface area contributed by atoms with Crippen LogP contribution >= 0.6 is 0 Å². The molecule has 0 radical (unpaired) electrons. The monoisotopic (exact) mass is 360 g/mol. The van der Waals surface area contributed by atoms with E-state index in [0.29, 0.717) is 29.1 Å². The van der Waals surface area contributed by atoms with Crippen molar-refractivity contribution in [2.45, 2.75) is 6.61 Å². The molecule has 0 bridgehead atoms. The number of rotatable bonds is 6. The summed E-state index contributed by atoms with van der Waals surface area (Å²) in [7, 11) is 1.62. The summed E-state index contributed by atoms with van der Waals surface area (Å²) in [5.41, 5.74) is 3.00.